The number of amidine groups is 1. The van der Waals surface area contributed by atoms with Crippen LogP contribution < -0.4 is 5.73 Å². The van der Waals surface area contributed by atoms with Crippen molar-refractivity contribution >= 4 is 39.6 Å². The van der Waals surface area contributed by atoms with Gasteiger partial charge < -0.3 is 10.7 Å². The molecule has 2 aromatic heterocycles. The van der Waals surface area contributed by atoms with Gasteiger partial charge >= 0.3 is 0 Å². The molecule has 0 aliphatic carbocycles. The van der Waals surface area contributed by atoms with Gasteiger partial charge in [0.05, 0.1) is 17.4 Å². The number of aryl methyl sites for hydroxylation is 1. The summed E-state index contributed by atoms with van der Waals surface area (Å²) >= 11 is 2.26. The summed E-state index contributed by atoms with van der Waals surface area (Å²) in [6.07, 6.45) is 8.20. The highest BCUT2D eigenvalue weighted by Crippen LogP contribution is 2.18. The van der Waals surface area contributed by atoms with E-state index in [1.807, 2.05) is 6.20 Å². The Morgan fingerprint density at radius 2 is 2.30 bits per heavy atom. The maximum Gasteiger partial charge on any atom is 0.177 e. The zero-order valence-electron chi connectivity index (χ0n) is 11.3. The number of H-pyrrole nitrogens is 1. The standard InChI is InChI=1S/C14H18IN5/c15-9-7-11-14(17-8-9)20-13(19-11)6-5-10-3-1-2-4-12(16)18-10/h7-8,10H,1-6H2,(H2,16,18)(H,17,19,20). The van der Waals surface area contributed by atoms with Crippen molar-refractivity contribution in [2.45, 2.75) is 44.6 Å². The molecule has 3 N–H and O–H groups in total. The lowest BCUT2D eigenvalue weighted by molar-refractivity contribution is 0.548. The first kappa shape index (κ1) is 13.8. The zero-order chi connectivity index (χ0) is 13.9. The first-order chi connectivity index (χ1) is 9.70. The number of fused-ring (bicyclic) bond motifs is 1. The zero-order valence-corrected chi connectivity index (χ0v) is 13.4. The minimum atomic E-state index is 0.346. The number of hydrogen-bond acceptors (Lipinski definition) is 4. The monoisotopic (exact) mass is 383 g/mol. The number of pyridine rings is 1. The van der Waals surface area contributed by atoms with Gasteiger partial charge in [0.1, 0.15) is 5.82 Å². The Labute approximate surface area is 131 Å². The largest absolute Gasteiger partial charge is 0.387 e. The second kappa shape index (κ2) is 6.07. The van der Waals surface area contributed by atoms with Crippen LogP contribution in [-0.4, -0.2) is 26.8 Å². The van der Waals surface area contributed by atoms with E-state index >= 15 is 0 Å². The highest BCUT2D eigenvalue weighted by Gasteiger charge is 2.13. The number of aliphatic imine (C=N–C) groups is 1. The fourth-order valence-corrected chi connectivity index (χ4v) is 3.06. The van der Waals surface area contributed by atoms with Crippen molar-refractivity contribution in [3.8, 4) is 0 Å². The molecule has 0 radical (unpaired) electrons. The van der Waals surface area contributed by atoms with Crippen LogP contribution in [0.3, 0.4) is 0 Å². The van der Waals surface area contributed by atoms with E-state index in [1.54, 1.807) is 0 Å². The summed E-state index contributed by atoms with van der Waals surface area (Å²) in [5, 5.41) is 0. The average Bonchev–Trinajstić information content (AvgIpc) is 2.70. The second-order valence-electron chi connectivity index (χ2n) is 5.27. The van der Waals surface area contributed by atoms with Crippen LogP contribution in [-0.2, 0) is 6.42 Å². The van der Waals surface area contributed by atoms with Gasteiger partial charge in [0.2, 0.25) is 0 Å². The Hall–Kier alpha value is -1.18. The van der Waals surface area contributed by atoms with Gasteiger partial charge in [0.25, 0.3) is 0 Å². The smallest absolute Gasteiger partial charge is 0.177 e. The predicted molar refractivity (Wildman–Crippen MR) is 88.8 cm³/mol. The van der Waals surface area contributed by atoms with E-state index in [2.05, 4.69) is 48.6 Å². The molecule has 3 rings (SSSR count). The number of imidazole rings is 1. The Kier molecular flexibility index (Phi) is 4.18. The molecule has 1 atom stereocenters. The van der Waals surface area contributed by atoms with Crippen molar-refractivity contribution in [3.05, 3.63) is 21.7 Å². The lowest BCUT2D eigenvalue weighted by atomic mass is 10.1. The number of aromatic nitrogens is 3. The molecule has 1 aliphatic rings. The third-order valence-corrected chi connectivity index (χ3v) is 4.23. The van der Waals surface area contributed by atoms with Crippen molar-refractivity contribution < 1.29 is 0 Å². The molecule has 3 heterocycles. The fraction of sp³-hybridized carbons (Fsp3) is 0.500. The van der Waals surface area contributed by atoms with Gasteiger partial charge in [-0.2, -0.15) is 0 Å². The summed E-state index contributed by atoms with van der Waals surface area (Å²) in [4.78, 5) is 16.8. The molecule has 106 valence electrons. The van der Waals surface area contributed by atoms with Gasteiger partial charge in [-0.05, 0) is 47.9 Å². The highest BCUT2D eigenvalue weighted by molar-refractivity contribution is 14.1. The highest BCUT2D eigenvalue weighted by atomic mass is 127. The van der Waals surface area contributed by atoms with E-state index in [-0.39, 0.29) is 0 Å². The number of nitrogens with zero attached hydrogens (tertiary/aromatic N) is 3. The van der Waals surface area contributed by atoms with Crippen molar-refractivity contribution in [1.82, 2.24) is 15.0 Å². The predicted octanol–water partition coefficient (Wildman–Crippen LogP) is 2.79. The van der Waals surface area contributed by atoms with Crippen molar-refractivity contribution in [3.63, 3.8) is 0 Å². The van der Waals surface area contributed by atoms with Gasteiger partial charge in [0.15, 0.2) is 5.65 Å². The maximum absolute atomic E-state index is 5.89. The van der Waals surface area contributed by atoms with Crippen molar-refractivity contribution in [2.75, 3.05) is 0 Å². The van der Waals surface area contributed by atoms with Crippen LogP contribution in [0.4, 0.5) is 0 Å². The first-order valence-electron chi connectivity index (χ1n) is 7.03. The number of nitrogens with one attached hydrogen (secondary N) is 1. The molecule has 0 saturated carbocycles. The Balaban J connectivity index is 1.68. The quantitative estimate of drug-likeness (QED) is 0.800. The summed E-state index contributed by atoms with van der Waals surface area (Å²) in [6, 6.07) is 2.42. The third-order valence-electron chi connectivity index (χ3n) is 3.64. The average molecular weight is 383 g/mol. The maximum atomic E-state index is 5.89. The van der Waals surface area contributed by atoms with Crippen LogP contribution >= 0.6 is 22.6 Å². The van der Waals surface area contributed by atoms with Gasteiger partial charge in [0, 0.05) is 22.6 Å². The van der Waals surface area contributed by atoms with E-state index in [1.165, 1.54) is 12.8 Å². The summed E-state index contributed by atoms with van der Waals surface area (Å²) in [5.74, 6) is 1.81. The topological polar surface area (TPSA) is 79.9 Å². The van der Waals surface area contributed by atoms with Crippen LogP contribution in [0, 0.1) is 3.57 Å². The van der Waals surface area contributed by atoms with Crippen molar-refractivity contribution in [1.29, 1.82) is 0 Å². The minimum Gasteiger partial charge on any atom is -0.387 e. The van der Waals surface area contributed by atoms with Gasteiger partial charge in [-0.1, -0.05) is 6.42 Å². The van der Waals surface area contributed by atoms with E-state index in [0.29, 0.717) is 6.04 Å². The SMILES string of the molecule is NC1=NC(CCc2nc3ncc(I)cc3[nH]2)CCCC1. The normalized spacial score (nSPS) is 19.9. The Bertz CT molecular complexity index is 634. The molecule has 2 aromatic rings. The molecule has 1 unspecified atom stereocenters. The fourth-order valence-electron chi connectivity index (χ4n) is 2.60. The van der Waals surface area contributed by atoms with E-state index in [4.69, 9.17) is 5.73 Å². The van der Waals surface area contributed by atoms with Crippen molar-refractivity contribution in [2.24, 2.45) is 10.7 Å². The van der Waals surface area contributed by atoms with Crippen LogP contribution in [0.25, 0.3) is 11.2 Å². The summed E-state index contributed by atoms with van der Waals surface area (Å²) in [5.41, 5.74) is 7.69. The van der Waals surface area contributed by atoms with Crippen LogP contribution in [0.2, 0.25) is 0 Å². The molecule has 20 heavy (non-hydrogen) atoms. The molecule has 0 bridgehead atoms. The molecule has 5 nitrogen and oxygen atoms in total. The minimum absolute atomic E-state index is 0.346. The number of aromatic amines is 1. The molecule has 0 fully saturated rings. The first-order valence-corrected chi connectivity index (χ1v) is 8.11. The lowest BCUT2D eigenvalue weighted by Gasteiger charge is -2.09. The summed E-state index contributed by atoms with van der Waals surface area (Å²) in [7, 11) is 0. The number of rotatable bonds is 3. The van der Waals surface area contributed by atoms with Crippen LogP contribution in [0.15, 0.2) is 17.3 Å². The number of halogens is 1. The van der Waals surface area contributed by atoms with E-state index < -0.39 is 0 Å². The molecular formula is C14H18IN5. The van der Waals surface area contributed by atoms with Crippen LogP contribution in [0.5, 0.6) is 0 Å². The summed E-state index contributed by atoms with van der Waals surface area (Å²) < 4.78 is 1.12. The Morgan fingerprint density at radius 1 is 1.40 bits per heavy atom. The number of hydrogen-bond donors (Lipinski definition) is 2. The van der Waals surface area contributed by atoms with Gasteiger partial charge in [-0.3, -0.25) is 4.99 Å². The molecular weight excluding hydrogens is 365 g/mol. The van der Waals surface area contributed by atoms with E-state index in [9.17, 15) is 0 Å². The Morgan fingerprint density at radius 3 is 3.20 bits per heavy atom. The molecule has 0 amide bonds. The molecule has 6 heteroatoms. The lowest BCUT2D eigenvalue weighted by Crippen LogP contribution is -2.14. The summed E-state index contributed by atoms with van der Waals surface area (Å²) in [6.45, 7) is 0. The van der Waals surface area contributed by atoms with Gasteiger partial charge in [-0.15, -0.1) is 0 Å². The third kappa shape index (κ3) is 3.28. The second-order valence-corrected chi connectivity index (χ2v) is 6.51. The number of nitrogens with two attached hydrogens (primary N) is 1. The van der Waals surface area contributed by atoms with E-state index in [0.717, 1.165) is 52.1 Å². The molecule has 0 saturated heterocycles. The van der Waals surface area contributed by atoms with Gasteiger partial charge in [-0.25, -0.2) is 9.97 Å². The molecule has 1 aliphatic heterocycles. The van der Waals surface area contributed by atoms with Crippen LogP contribution in [0.1, 0.15) is 37.9 Å². The molecule has 0 spiro atoms. The molecule has 0 aromatic carbocycles.